The monoisotopic (exact) mass is 251 g/mol. The van der Waals surface area contributed by atoms with E-state index in [9.17, 15) is 9.59 Å². The molecule has 98 valence electrons. The van der Waals surface area contributed by atoms with E-state index in [1.165, 1.54) is 0 Å². The Kier molecular flexibility index (Phi) is 3.22. The van der Waals surface area contributed by atoms with E-state index in [2.05, 4.69) is 15.5 Å². The van der Waals surface area contributed by atoms with Gasteiger partial charge in [0.05, 0.1) is 0 Å². The minimum Gasteiger partial charge on any atom is -0.382 e. The lowest BCUT2D eigenvalue weighted by Crippen LogP contribution is -2.45. The molecule has 1 aromatic heterocycles. The van der Waals surface area contributed by atoms with Gasteiger partial charge in [-0.05, 0) is 19.8 Å². The number of rotatable bonds is 2. The maximum Gasteiger partial charge on any atom is 0.260 e. The predicted octanol–water partition coefficient (Wildman–Crippen LogP) is -0.349. The van der Waals surface area contributed by atoms with Gasteiger partial charge < -0.3 is 16.0 Å². The molecule has 0 aliphatic carbocycles. The van der Waals surface area contributed by atoms with Crippen molar-refractivity contribution in [3.05, 3.63) is 11.3 Å². The highest BCUT2D eigenvalue weighted by atomic mass is 16.2. The molecule has 1 unspecified atom stereocenters. The fraction of sp³-hybridized carbons (Fsp3) is 0.545. The highest BCUT2D eigenvalue weighted by Crippen LogP contribution is 2.23. The second-order valence-corrected chi connectivity index (χ2v) is 4.38. The third-order valence-corrected chi connectivity index (χ3v) is 3.25. The van der Waals surface area contributed by atoms with Crippen LogP contribution >= 0.6 is 0 Å². The Balaban J connectivity index is 2.26. The zero-order valence-electron chi connectivity index (χ0n) is 10.5. The van der Waals surface area contributed by atoms with E-state index in [1.807, 2.05) is 0 Å². The van der Waals surface area contributed by atoms with Crippen LogP contribution in [0.2, 0.25) is 0 Å². The molecule has 2 heterocycles. The Morgan fingerprint density at radius 3 is 2.83 bits per heavy atom. The topological polar surface area (TPSA) is 104 Å². The number of nitrogens with two attached hydrogens (primary N) is 1. The molecule has 7 nitrogen and oxygen atoms in total. The summed E-state index contributed by atoms with van der Waals surface area (Å²) in [5, 5.41) is 9.06. The van der Waals surface area contributed by atoms with Gasteiger partial charge in [0.2, 0.25) is 5.91 Å². The van der Waals surface area contributed by atoms with Gasteiger partial charge in [-0.3, -0.25) is 14.7 Å². The molecule has 0 aromatic carbocycles. The predicted molar refractivity (Wildman–Crippen MR) is 65.9 cm³/mol. The molecule has 1 aliphatic rings. The summed E-state index contributed by atoms with van der Waals surface area (Å²) >= 11 is 0. The van der Waals surface area contributed by atoms with E-state index in [4.69, 9.17) is 5.73 Å². The van der Waals surface area contributed by atoms with Gasteiger partial charge in [0.15, 0.2) is 5.82 Å². The zero-order chi connectivity index (χ0) is 13.3. The molecule has 4 N–H and O–H groups in total. The Labute approximate surface area is 105 Å². The van der Waals surface area contributed by atoms with Crippen molar-refractivity contribution in [2.45, 2.75) is 25.8 Å². The number of aromatic nitrogens is 2. The average molecular weight is 251 g/mol. The van der Waals surface area contributed by atoms with E-state index in [0.717, 1.165) is 6.42 Å². The zero-order valence-corrected chi connectivity index (χ0v) is 10.5. The molecule has 1 aliphatic heterocycles. The fourth-order valence-electron chi connectivity index (χ4n) is 2.31. The molecule has 1 aromatic rings. The first-order valence-corrected chi connectivity index (χ1v) is 5.89. The van der Waals surface area contributed by atoms with Gasteiger partial charge in [-0.15, -0.1) is 0 Å². The summed E-state index contributed by atoms with van der Waals surface area (Å²) in [4.78, 5) is 25.7. The summed E-state index contributed by atoms with van der Waals surface area (Å²) < 4.78 is 0. The van der Waals surface area contributed by atoms with E-state index in [0.29, 0.717) is 24.2 Å². The molecule has 2 rings (SSSR count). The number of carbonyl (C=O) groups is 2. The van der Waals surface area contributed by atoms with Crippen LogP contribution in [-0.4, -0.2) is 46.5 Å². The maximum absolute atomic E-state index is 12.4. The molecule has 18 heavy (non-hydrogen) atoms. The largest absolute Gasteiger partial charge is 0.382 e. The summed E-state index contributed by atoms with van der Waals surface area (Å²) in [5.41, 5.74) is 6.67. The fourth-order valence-corrected chi connectivity index (χ4v) is 2.31. The molecule has 0 radical (unpaired) electrons. The molecular formula is C11H17N5O2. The summed E-state index contributed by atoms with van der Waals surface area (Å²) in [5.74, 6) is -0.189. The lowest BCUT2D eigenvalue weighted by Gasteiger charge is -2.23. The van der Waals surface area contributed by atoms with Crippen molar-refractivity contribution in [1.29, 1.82) is 0 Å². The standard InChI is InChI=1S/C11H17N5O2/c1-6-8(9(12)15-14-6)11(18)16-5-3-4-7(16)10(17)13-2/h7H,3-5H2,1-2H3,(H,13,17)(H3,12,14,15). The van der Waals surface area contributed by atoms with Crippen LogP contribution in [0.3, 0.4) is 0 Å². The van der Waals surface area contributed by atoms with Crippen LogP contribution < -0.4 is 11.1 Å². The minimum absolute atomic E-state index is 0.138. The lowest BCUT2D eigenvalue weighted by molar-refractivity contribution is -0.124. The number of likely N-dealkylation sites (N-methyl/N-ethyl adjacent to an activating group) is 1. The number of carbonyl (C=O) groups excluding carboxylic acids is 2. The first kappa shape index (κ1) is 12.4. The number of anilines is 1. The Bertz CT molecular complexity index is 462. The number of nitrogen functional groups attached to an aromatic ring is 1. The van der Waals surface area contributed by atoms with Gasteiger partial charge >= 0.3 is 0 Å². The SMILES string of the molecule is CNC(=O)C1CCCN1C(=O)c1c(N)n[nH]c1C. The first-order chi connectivity index (χ1) is 8.56. The molecule has 1 fully saturated rings. The van der Waals surface area contributed by atoms with E-state index in [-0.39, 0.29) is 17.6 Å². The Morgan fingerprint density at radius 2 is 2.28 bits per heavy atom. The van der Waals surface area contributed by atoms with Crippen molar-refractivity contribution in [3.63, 3.8) is 0 Å². The van der Waals surface area contributed by atoms with Gasteiger partial charge in [0.1, 0.15) is 11.6 Å². The number of likely N-dealkylation sites (tertiary alicyclic amines) is 1. The second-order valence-electron chi connectivity index (χ2n) is 4.38. The third-order valence-electron chi connectivity index (χ3n) is 3.25. The van der Waals surface area contributed by atoms with E-state index in [1.54, 1.807) is 18.9 Å². The summed E-state index contributed by atoms with van der Waals surface area (Å²) in [7, 11) is 1.57. The number of aryl methyl sites for hydroxylation is 1. The molecule has 1 saturated heterocycles. The van der Waals surface area contributed by atoms with Gasteiger partial charge in [-0.25, -0.2) is 0 Å². The van der Waals surface area contributed by atoms with Crippen molar-refractivity contribution >= 4 is 17.6 Å². The number of aromatic amines is 1. The van der Waals surface area contributed by atoms with Crippen LogP contribution in [0, 0.1) is 6.92 Å². The minimum atomic E-state index is -0.406. The van der Waals surface area contributed by atoms with Gasteiger partial charge in [0.25, 0.3) is 5.91 Å². The normalized spacial score (nSPS) is 19.0. The number of amides is 2. The van der Waals surface area contributed by atoms with Gasteiger partial charge in [0, 0.05) is 19.3 Å². The Morgan fingerprint density at radius 1 is 1.56 bits per heavy atom. The molecular weight excluding hydrogens is 234 g/mol. The second kappa shape index (κ2) is 4.67. The lowest BCUT2D eigenvalue weighted by atomic mass is 10.1. The number of hydrogen-bond acceptors (Lipinski definition) is 4. The average Bonchev–Trinajstić information content (AvgIpc) is 2.95. The summed E-state index contributed by atoms with van der Waals surface area (Å²) in [6, 6.07) is -0.406. The molecule has 0 bridgehead atoms. The molecule has 1 atom stereocenters. The first-order valence-electron chi connectivity index (χ1n) is 5.89. The number of hydrogen-bond donors (Lipinski definition) is 3. The van der Waals surface area contributed by atoms with Crippen molar-refractivity contribution in [1.82, 2.24) is 20.4 Å². The third kappa shape index (κ3) is 1.92. The highest BCUT2D eigenvalue weighted by Gasteiger charge is 2.35. The van der Waals surface area contributed by atoms with E-state index < -0.39 is 6.04 Å². The quantitative estimate of drug-likeness (QED) is 0.668. The molecule has 0 spiro atoms. The maximum atomic E-state index is 12.4. The van der Waals surface area contributed by atoms with Crippen LogP contribution in [0.4, 0.5) is 5.82 Å². The van der Waals surface area contributed by atoms with Crippen molar-refractivity contribution in [2.75, 3.05) is 19.3 Å². The summed E-state index contributed by atoms with van der Waals surface area (Å²) in [6.07, 6.45) is 1.50. The van der Waals surface area contributed by atoms with Crippen molar-refractivity contribution in [3.8, 4) is 0 Å². The highest BCUT2D eigenvalue weighted by molar-refractivity contribution is 6.02. The van der Waals surface area contributed by atoms with Crippen LogP contribution in [0.25, 0.3) is 0 Å². The molecule has 7 heteroatoms. The molecule has 2 amide bonds. The summed E-state index contributed by atoms with van der Waals surface area (Å²) in [6.45, 7) is 2.31. The number of H-pyrrole nitrogens is 1. The van der Waals surface area contributed by atoms with Crippen LogP contribution in [-0.2, 0) is 4.79 Å². The van der Waals surface area contributed by atoms with Crippen LogP contribution in [0.1, 0.15) is 28.9 Å². The van der Waals surface area contributed by atoms with Gasteiger partial charge in [-0.1, -0.05) is 0 Å². The molecule has 0 saturated carbocycles. The van der Waals surface area contributed by atoms with Crippen molar-refractivity contribution < 1.29 is 9.59 Å². The number of nitrogens with zero attached hydrogens (tertiary/aromatic N) is 2. The smallest absolute Gasteiger partial charge is 0.260 e. The van der Waals surface area contributed by atoms with E-state index >= 15 is 0 Å². The van der Waals surface area contributed by atoms with Crippen LogP contribution in [0.5, 0.6) is 0 Å². The van der Waals surface area contributed by atoms with Crippen LogP contribution in [0.15, 0.2) is 0 Å². The number of nitrogens with one attached hydrogen (secondary N) is 2. The van der Waals surface area contributed by atoms with Gasteiger partial charge in [-0.2, -0.15) is 5.10 Å². The van der Waals surface area contributed by atoms with Crippen molar-refractivity contribution in [2.24, 2.45) is 0 Å². The Hall–Kier alpha value is -2.05.